The average Bonchev–Trinajstić information content (AvgIpc) is 3.46. The number of aromatic nitrogens is 5. The fraction of sp³-hybridized carbons (Fsp3) is 0.130. The van der Waals surface area contributed by atoms with Crippen molar-refractivity contribution in [1.29, 1.82) is 0 Å². The van der Waals surface area contributed by atoms with E-state index in [1.54, 1.807) is 24.3 Å². The highest BCUT2D eigenvalue weighted by Crippen LogP contribution is 2.44. The lowest BCUT2D eigenvalue weighted by molar-refractivity contribution is -0.137. The average molecular weight is 493 g/mol. The molecule has 1 aliphatic rings. The van der Waals surface area contributed by atoms with Gasteiger partial charge in [-0.1, -0.05) is 11.6 Å². The molecule has 0 spiro atoms. The summed E-state index contributed by atoms with van der Waals surface area (Å²) in [4.78, 5) is 28.4. The van der Waals surface area contributed by atoms with Gasteiger partial charge in [-0.2, -0.15) is 4.68 Å². The molecular formula is C23H17ClN6O5. The molecule has 5 rings (SSSR count). The zero-order chi connectivity index (χ0) is 24.7. The summed E-state index contributed by atoms with van der Waals surface area (Å²) < 4.78 is 1.45. The van der Waals surface area contributed by atoms with Crippen molar-refractivity contribution < 1.29 is 24.9 Å². The number of hydrogen-bond acceptors (Lipinski definition) is 8. The monoisotopic (exact) mass is 492 g/mol. The first-order valence-corrected chi connectivity index (χ1v) is 10.7. The van der Waals surface area contributed by atoms with Gasteiger partial charge in [-0.3, -0.25) is 9.78 Å². The van der Waals surface area contributed by atoms with E-state index in [0.717, 1.165) is 0 Å². The molecule has 2 heterocycles. The lowest BCUT2D eigenvalue weighted by Gasteiger charge is -2.22. The van der Waals surface area contributed by atoms with Crippen LogP contribution in [-0.4, -0.2) is 52.4 Å². The fourth-order valence-corrected chi connectivity index (χ4v) is 4.23. The molecule has 0 saturated heterocycles. The Kier molecular flexibility index (Phi) is 5.52. The molecule has 0 saturated carbocycles. The Labute approximate surface area is 202 Å². The molecule has 2 atom stereocenters. The zero-order valence-corrected chi connectivity index (χ0v) is 18.6. The Morgan fingerprint density at radius 3 is 2.60 bits per heavy atom. The second-order valence-electron chi connectivity index (χ2n) is 7.99. The van der Waals surface area contributed by atoms with Gasteiger partial charge in [-0.25, -0.2) is 4.79 Å². The standard InChI is InChI=1S/C23H17ClN6O5/c24-14-3-6-18(30-11-26-28-29-30)16(8-14)13-7-17-19(31)9-23(35,20(17)25-10-13)22(34)27-15-4-1-12(2-5-15)21(32)33/h1-8,10-11,19,31,35H,9H2,(H,27,34)(H,32,33)/t19-,23+/m0/s1. The highest BCUT2D eigenvalue weighted by Gasteiger charge is 2.49. The van der Waals surface area contributed by atoms with Crippen LogP contribution in [0.25, 0.3) is 16.8 Å². The van der Waals surface area contributed by atoms with E-state index in [1.165, 1.54) is 41.5 Å². The number of nitrogens with zero attached hydrogens (tertiary/aromatic N) is 5. The van der Waals surface area contributed by atoms with Gasteiger partial charge in [0, 0.05) is 40.0 Å². The summed E-state index contributed by atoms with van der Waals surface area (Å²) in [6, 6.07) is 12.2. The Morgan fingerprint density at radius 2 is 1.91 bits per heavy atom. The van der Waals surface area contributed by atoms with Gasteiger partial charge >= 0.3 is 5.97 Å². The number of aliphatic hydroxyl groups is 2. The molecule has 1 aliphatic carbocycles. The van der Waals surface area contributed by atoms with E-state index in [9.17, 15) is 19.8 Å². The van der Waals surface area contributed by atoms with Crippen molar-refractivity contribution in [2.75, 3.05) is 5.32 Å². The van der Waals surface area contributed by atoms with E-state index in [0.29, 0.717) is 27.4 Å². The van der Waals surface area contributed by atoms with Crippen LogP contribution < -0.4 is 5.32 Å². The minimum atomic E-state index is -2.09. The fourth-order valence-electron chi connectivity index (χ4n) is 4.06. The summed E-state index contributed by atoms with van der Waals surface area (Å²) in [6.07, 6.45) is 1.44. The third-order valence-electron chi connectivity index (χ3n) is 5.79. The first-order chi connectivity index (χ1) is 16.8. The lowest BCUT2D eigenvalue weighted by Crippen LogP contribution is -2.39. The Hall–Kier alpha value is -4.19. The van der Waals surface area contributed by atoms with Gasteiger partial charge in [0.25, 0.3) is 5.91 Å². The second-order valence-corrected chi connectivity index (χ2v) is 8.43. The van der Waals surface area contributed by atoms with Gasteiger partial charge in [0.15, 0.2) is 5.60 Å². The van der Waals surface area contributed by atoms with Crippen LogP contribution in [0.1, 0.15) is 34.1 Å². The van der Waals surface area contributed by atoms with Gasteiger partial charge in [-0.05, 0) is 59.0 Å². The third-order valence-corrected chi connectivity index (χ3v) is 6.02. The topological polar surface area (TPSA) is 163 Å². The predicted molar refractivity (Wildman–Crippen MR) is 123 cm³/mol. The number of benzene rings is 2. The van der Waals surface area contributed by atoms with Gasteiger partial charge < -0.3 is 20.6 Å². The molecule has 0 radical (unpaired) electrons. The molecule has 11 nitrogen and oxygen atoms in total. The Morgan fingerprint density at radius 1 is 1.14 bits per heavy atom. The summed E-state index contributed by atoms with van der Waals surface area (Å²) in [5, 5.41) is 45.2. The van der Waals surface area contributed by atoms with Gasteiger partial charge in [0.05, 0.1) is 23.0 Å². The SMILES string of the molecule is O=C(O)c1ccc(NC(=O)[C@@]2(O)C[C@H](O)c3cc(-c4cc(Cl)ccc4-n4cnnn4)cnc32)cc1. The van der Waals surface area contributed by atoms with Gasteiger partial charge in [0.1, 0.15) is 6.33 Å². The number of carbonyl (C=O) groups is 2. The van der Waals surface area contributed by atoms with Crippen molar-refractivity contribution in [2.24, 2.45) is 0 Å². The first kappa shape index (κ1) is 22.6. The quantitative estimate of drug-likeness (QED) is 0.327. The maximum atomic E-state index is 13.0. The third kappa shape index (κ3) is 4.01. The molecule has 4 aromatic rings. The number of carboxylic acids is 1. The molecule has 0 bridgehead atoms. The maximum Gasteiger partial charge on any atom is 0.335 e. The van der Waals surface area contributed by atoms with Crippen LogP contribution in [0, 0.1) is 0 Å². The molecule has 2 aromatic carbocycles. The number of tetrazole rings is 1. The predicted octanol–water partition coefficient (Wildman–Crippen LogP) is 2.34. The maximum absolute atomic E-state index is 13.0. The van der Waals surface area contributed by atoms with E-state index in [2.05, 4.69) is 25.8 Å². The van der Waals surface area contributed by atoms with E-state index in [1.807, 2.05) is 0 Å². The van der Waals surface area contributed by atoms with Gasteiger partial charge in [0.2, 0.25) is 0 Å². The van der Waals surface area contributed by atoms with Crippen molar-refractivity contribution >= 4 is 29.2 Å². The van der Waals surface area contributed by atoms with Crippen molar-refractivity contribution in [3.63, 3.8) is 0 Å². The van der Waals surface area contributed by atoms with Crippen LogP contribution in [-0.2, 0) is 10.4 Å². The molecule has 1 amide bonds. The van der Waals surface area contributed by atoms with Crippen LogP contribution in [0.4, 0.5) is 5.69 Å². The van der Waals surface area contributed by atoms with E-state index < -0.39 is 23.6 Å². The Bertz CT molecular complexity index is 1440. The molecule has 0 aliphatic heterocycles. The molecule has 4 N–H and O–H groups in total. The number of rotatable bonds is 5. The minimum absolute atomic E-state index is 0.0272. The van der Waals surface area contributed by atoms with E-state index >= 15 is 0 Å². The van der Waals surface area contributed by atoms with Gasteiger partial charge in [-0.15, -0.1) is 5.10 Å². The number of halogens is 1. The summed E-state index contributed by atoms with van der Waals surface area (Å²) in [6.45, 7) is 0. The van der Waals surface area contributed by atoms with E-state index in [4.69, 9.17) is 16.7 Å². The number of aromatic carboxylic acids is 1. The highest BCUT2D eigenvalue weighted by molar-refractivity contribution is 6.31. The molecule has 0 unspecified atom stereocenters. The number of amides is 1. The van der Waals surface area contributed by atoms with Crippen molar-refractivity contribution in [3.8, 4) is 16.8 Å². The van der Waals surface area contributed by atoms with E-state index in [-0.39, 0.29) is 23.4 Å². The van der Waals surface area contributed by atoms with Crippen molar-refractivity contribution in [2.45, 2.75) is 18.1 Å². The number of aliphatic hydroxyl groups excluding tert-OH is 1. The summed E-state index contributed by atoms with van der Waals surface area (Å²) in [5.74, 6) is -1.90. The largest absolute Gasteiger partial charge is 0.478 e. The van der Waals surface area contributed by atoms with Crippen LogP contribution >= 0.6 is 11.6 Å². The summed E-state index contributed by atoms with van der Waals surface area (Å²) in [7, 11) is 0. The molecule has 2 aromatic heterocycles. The Balaban J connectivity index is 1.49. The zero-order valence-electron chi connectivity index (χ0n) is 17.8. The molecular weight excluding hydrogens is 476 g/mol. The first-order valence-electron chi connectivity index (χ1n) is 10.4. The van der Waals surface area contributed by atoms with Crippen LogP contribution in [0.15, 0.2) is 61.1 Å². The minimum Gasteiger partial charge on any atom is -0.478 e. The highest BCUT2D eigenvalue weighted by atomic mass is 35.5. The molecule has 0 fully saturated rings. The normalized spacial score (nSPS) is 18.8. The molecule has 176 valence electrons. The number of fused-ring (bicyclic) bond motifs is 1. The number of anilines is 1. The summed E-state index contributed by atoms with van der Waals surface area (Å²) >= 11 is 6.21. The van der Waals surface area contributed by atoms with Crippen LogP contribution in [0.5, 0.6) is 0 Å². The lowest BCUT2D eigenvalue weighted by atomic mass is 9.98. The number of hydrogen-bond donors (Lipinski definition) is 4. The smallest absolute Gasteiger partial charge is 0.335 e. The van der Waals surface area contributed by atoms with Crippen LogP contribution in [0.3, 0.4) is 0 Å². The number of carbonyl (C=O) groups excluding carboxylic acids is 1. The number of nitrogens with one attached hydrogen (secondary N) is 1. The molecule has 35 heavy (non-hydrogen) atoms. The second kappa shape index (κ2) is 8.55. The summed E-state index contributed by atoms with van der Waals surface area (Å²) in [5.41, 5.74) is 0.397. The van der Waals surface area contributed by atoms with Crippen molar-refractivity contribution in [3.05, 3.63) is 82.9 Å². The molecule has 12 heteroatoms. The number of carboxylic acid groups (broad SMARTS) is 1. The van der Waals surface area contributed by atoms with Crippen molar-refractivity contribution in [1.82, 2.24) is 25.2 Å². The van der Waals surface area contributed by atoms with Crippen LogP contribution in [0.2, 0.25) is 5.02 Å². The number of pyridine rings is 1.